The Bertz CT molecular complexity index is 323. The quantitative estimate of drug-likeness (QED) is 0.585. The molecule has 1 heterocycles. The van der Waals surface area contributed by atoms with Crippen molar-refractivity contribution >= 4 is 0 Å². The normalized spacial score (nSPS) is 11.2. The Labute approximate surface area is 72.6 Å². The molecule has 0 N–H and O–H groups in total. The molecule has 0 unspecified atom stereocenters. The summed E-state index contributed by atoms with van der Waals surface area (Å²) in [4.78, 5) is 0. The molecule has 0 spiro atoms. The molecule has 0 bridgehead atoms. The second-order valence-electron chi connectivity index (χ2n) is 3.86. The number of aryl methyl sites for hydroxylation is 1. The number of rotatable bonds is 0. The molecule has 0 atom stereocenters. The molecule has 1 aromatic rings. The second-order valence-corrected chi connectivity index (χ2v) is 3.86. The molecule has 3 nitrogen and oxygen atoms in total. The lowest BCUT2D eigenvalue weighted by Gasteiger charge is -2.18. The third-order valence-electron chi connectivity index (χ3n) is 1.71. The third-order valence-corrected chi connectivity index (χ3v) is 1.71. The highest BCUT2D eigenvalue weighted by Gasteiger charge is 2.15. The Hall–Kier alpha value is -1.30. The molecular formula is C9H13N3. The maximum absolute atomic E-state index is 8.69. The zero-order valence-electron chi connectivity index (χ0n) is 7.92. The first-order valence-corrected chi connectivity index (χ1v) is 3.92. The molecule has 3 heteroatoms. The zero-order chi connectivity index (χ0) is 9.35. The minimum absolute atomic E-state index is 0.0418. The van der Waals surface area contributed by atoms with Gasteiger partial charge in [-0.05, 0) is 27.7 Å². The molecule has 64 valence electrons. The van der Waals surface area contributed by atoms with E-state index in [-0.39, 0.29) is 5.54 Å². The van der Waals surface area contributed by atoms with Gasteiger partial charge < -0.3 is 0 Å². The largest absolute Gasteiger partial charge is 0.266 e. The van der Waals surface area contributed by atoms with E-state index in [2.05, 4.69) is 31.9 Å². The maximum Gasteiger partial charge on any atom is 0.103 e. The van der Waals surface area contributed by atoms with Crippen LogP contribution in [0.2, 0.25) is 0 Å². The molecule has 12 heavy (non-hydrogen) atoms. The van der Waals surface area contributed by atoms with Crippen LogP contribution in [-0.4, -0.2) is 9.78 Å². The van der Waals surface area contributed by atoms with Crippen molar-refractivity contribution in [3.8, 4) is 6.07 Å². The van der Waals surface area contributed by atoms with E-state index in [0.29, 0.717) is 5.56 Å². The molecule has 0 aliphatic heterocycles. The maximum atomic E-state index is 8.69. The smallest absolute Gasteiger partial charge is 0.103 e. The monoisotopic (exact) mass is 163 g/mol. The highest BCUT2D eigenvalue weighted by Crippen LogP contribution is 2.14. The number of hydrogen-bond donors (Lipinski definition) is 0. The number of nitrogens with zero attached hydrogens (tertiary/aromatic N) is 3. The molecule has 0 aliphatic rings. The van der Waals surface area contributed by atoms with Crippen LogP contribution in [-0.2, 0) is 5.54 Å². The Morgan fingerprint density at radius 3 is 2.33 bits per heavy atom. The Morgan fingerprint density at radius 1 is 1.50 bits per heavy atom. The molecule has 0 radical (unpaired) electrons. The molecule has 1 aromatic heterocycles. The van der Waals surface area contributed by atoms with Crippen molar-refractivity contribution in [2.45, 2.75) is 33.2 Å². The van der Waals surface area contributed by atoms with Crippen LogP contribution in [0.5, 0.6) is 0 Å². The first-order valence-electron chi connectivity index (χ1n) is 3.92. The van der Waals surface area contributed by atoms with Crippen molar-refractivity contribution < 1.29 is 0 Å². The Morgan fingerprint density at radius 2 is 2.08 bits per heavy atom. The van der Waals surface area contributed by atoms with Crippen LogP contribution >= 0.6 is 0 Å². The van der Waals surface area contributed by atoms with Gasteiger partial charge in [-0.2, -0.15) is 10.4 Å². The van der Waals surface area contributed by atoms with Crippen LogP contribution < -0.4 is 0 Å². The van der Waals surface area contributed by atoms with Crippen molar-refractivity contribution in [1.29, 1.82) is 5.26 Å². The lowest BCUT2D eigenvalue weighted by atomic mass is 10.1. The second kappa shape index (κ2) is 2.63. The summed E-state index contributed by atoms with van der Waals surface area (Å²) < 4.78 is 1.82. The highest BCUT2D eigenvalue weighted by molar-refractivity contribution is 5.30. The molecule has 0 amide bonds. The molecule has 0 aromatic carbocycles. The summed E-state index contributed by atoms with van der Waals surface area (Å²) in [5.74, 6) is 0. The molecular weight excluding hydrogens is 150 g/mol. The Balaban J connectivity index is 3.16. The fourth-order valence-corrected chi connectivity index (χ4v) is 0.913. The van der Waals surface area contributed by atoms with Gasteiger partial charge in [0.25, 0.3) is 0 Å². The van der Waals surface area contributed by atoms with E-state index in [1.807, 2.05) is 11.6 Å². The topological polar surface area (TPSA) is 41.6 Å². The van der Waals surface area contributed by atoms with Crippen molar-refractivity contribution in [3.05, 3.63) is 17.5 Å². The van der Waals surface area contributed by atoms with Gasteiger partial charge in [0.15, 0.2) is 0 Å². The van der Waals surface area contributed by atoms with Crippen molar-refractivity contribution in [2.24, 2.45) is 0 Å². The zero-order valence-corrected chi connectivity index (χ0v) is 7.92. The first-order chi connectivity index (χ1) is 5.45. The van der Waals surface area contributed by atoms with E-state index in [4.69, 9.17) is 5.26 Å². The van der Waals surface area contributed by atoms with Gasteiger partial charge in [-0.25, -0.2) is 0 Å². The summed E-state index contributed by atoms with van der Waals surface area (Å²) in [6.07, 6.45) is 1.79. The average molecular weight is 163 g/mol. The lowest BCUT2D eigenvalue weighted by molar-refractivity contribution is 0.354. The predicted molar refractivity (Wildman–Crippen MR) is 46.7 cm³/mol. The van der Waals surface area contributed by atoms with Crippen molar-refractivity contribution in [2.75, 3.05) is 0 Å². The van der Waals surface area contributed by atoms with Crippen LogP contribution in [0.15, 0.2) is 6.20 Å². The summed E-state index contributed by atoms with van der Waals surface area (Å²) in [5.41, 5.74) is 1.41. The van der Waals surface area contributed by atoms with Crippen LogP contribution in [0.1, 0.15) is 32.0 Å². The van der Waals surface area contributed by atoms with Gasteiger partial charge in [0, 0.05) is 6.20 Å². The van der Waals surface area contributed by atoms with E-state index in [1.165, 1.54) is 0 Å². The molecule has 0 fully saturated rings. The number of aromatic nitrogens is 2. The van der Waals surface area contributed by atoms with Gasteiger partial charge >= 0.3 is 0 Å². The van der Waals surface area contributed by atoms with Gasteiger partial charge in [0.2, 0.25) is 0 Å². The van der Waals surface area contributed by atoms with E-state index in [0.717, 1.165) is 5.69 Å². The fourth-order valence-electron chi connectivity index (χ4n) is 0.913. The molecule has 1 rings (SSSR count). The van der Waals surface area contributed by atoms with Crippen molar-refractivity contribution in [1.82, 2.24) is 9.78 Å². The molecule has 0 aliphatic carbocycles. The van der Waals surface area contributed by atoms with Crippen LogP contribution in [0, 0.1) is 18.3 Å². The number of hydrogen-bond acceptors (Lipinski definition) is 2. The van der Waals surface area contributed by atoms with Crippen LogP contribution in [0.25, 0.3) is 0 Å². The summed E-state index contributed by atoms with van der Waals surface area (Å²) in [5, 5.41) is 12.9. The summed E-state index contributed by atoms with van der Waals surface area (Å²) in [7, 11) is 0. The van der Waals surface area contributed by atoms with Gasteiger partial charge in [-0.3, -0.25) is 4.68 Å². The van der Waals surface area contributed by atoms with Crippen molar-refractivity contribution in [3.63, 3.8) is 0 Å². The Kier molecular flexibility index (Phi) is 1.93. The minimum Gasteiger partial charge on any atom is -0.266 e. The molecule has 0 saturated heterocycles. The van der Waals surface area contributed by atoms with Gasteiger partial charge in [0.05, 0.1) is 16.8 Å². The van der Waals surface area contributed by atoms with Gasteiger partial charge in [-0.1, -0.05) is 0 Å². The first kappa shape index (κ1) is 8.79. The van der Waals surface area contributed by atoms with E-state index in [1.54, 1.807) is 6.20 Å². The highest BCUT2D eigenvalue weighted by atomic mass is 15.3. The van der Waals surface area contributed by atoms with Gasteiger partial charge in [0.1, 0.15) is 6.07 Å². The average Bonchev–Trinajstić information content (AvgIpc) is 2.29. The fraction of sp³-hybridized carbons (Fsp3) is 0.556. The number of nitriles is 1. The standard InChI is InChI=1S/C9H13N3/c1-7-8(5-10)6-12(11-7)9(2,3)4/h6H,1-4H3. The lowest BCUT2D eigenvalue weighted by Crippen LogP contribution is -2.22. The molecule has 0 saturated carbocycles. The van der Waals surface area contributed by atoms with E-state index >= 15 is 0 Å². The predicted octanol–water partition coefficient (Wildman–Crippen LogP) is 1.82. The van der Waals surface area contributed by atoms with E-state index in [9.17, 15) is 0 Å². The minimum atomic E-state index is -0.0418. The summed E-state index contributed by atoms with van der Waals surface area (Å²) in [6, 6.07) is 2.10. The SMILES string of the molecule is Cc1nn(C(C)(C)C)cc1C#N. The van der Waals surface area contributed by atoms with E-state index < -0.39 is 0 Å². The van der Waals surface area contributed by atoms with Gasteiger partial charge in [-0.15, -0.1) is 0 Å². The van der Waals surface area contributed by atoms with Crippen LogP contribution in [0.3, 0.4) is 0 Å². The summed E-state index contributed by atoms with van der Waals surface area (Å²) >= 11 is 0. The summed E-state index contributed by atoms with van der Waals surface area (Å²) in [6.45, 7) is 8.02. The van der Waals surface area contributed by atoms with Crippen LogP contribution in [0.4, 0.5) is 0 Å². The third kappa shape index (κ3) is 1.48.